The van der Waals surface area contributed by atoms with Gasteiger partial charge in [-0.2, -0.15) is 10.4 Å². The van der Waals surface area contributed by atoms with Crippen LogP contribution in [0.4, 0.5) is 0 Å². The van der Waals surface area contributed by atoms with Gasteiger partial charge in [-0.15, -0.1) is 0 Å². The molecule has 1 saturated carbocycles. The molecule has 0 bridgehead atoms. The van der Waals surface area contributed by atoms with Crippen molar-refractivity contribution in [1.29, 1.82) is 5.26 Å². The van der Waals surface area contributed by atoms with Crippen molar-refractivity contribution in [2.24, 2.45) is 25.9 Å². The van der Waals surface area contributed by atoms with E-state index >= 15 is 0 Å². The Morgan fingerprint density at radius 3 is 2.74 bits per heavy atom. The third-order valence-corrected chi connectivity index (χ3v) is 7.03. The Hall–Kier alpha value is -3.74. The zero-order valence-electron chi connectivity index (χ0n) is 19.5. The summed E-state index contributed by atoms with van der Waals surface area (Å²) in [5.41, 5.74) is 3.23. The number of nitrogens with zero attached hydrogens (tertiary/aromatic N) is 6. The number of hydrogen-bond donors (Lipinski definition) is 2. The summed E-state index contributed by atoms with van der Waals surface area (Å²) in [7, 11) is 3.74. The molecule has 1 saturated heterocycles. The second kappa shape index (κ2) is 8.89. The SMILES string of the molecule is Cn1cc(-c2c[n+](C)c3[nH]cc(C(=O)NC(C(=O)N4CC(C#N)C4)C4CCCCC4)c3n2)cn1. The molecule has 2 N–H and O–H groups in total. The Labute approximate surface area is 197 Å². The molecule has 5 rings (SSSR count). The third-order valence-electron chi connectivity index (χ3n) is 7.03. The molecule has 2 amide bonds. The van der Waals surface area contributed by atoms with Crippen LogP contribution in [0.2, 0.25) is 0 Å². The Morgan fingerprint density at radius 2 is 2.06 bits per heavy atom. The molecule has 3 aromatic heterocycles. The van der Waals surface area contributed by atoms with Crippen LogP contribution in [-0.4, -0.2) is 55.6 Å². The van der Waals surface area contributed by atoms with Crippen LogP contribution >= 0.6 is 0 Å². The van der Waals surface area contributed by atoms with Gasteiger partial charge in [0.15, 0.2) is 5.52 Å². The van der Waals surface area contributed by atoms with Crippen molar-refractivity contribution in [3.05, 3.63) is 30.4 Å². The van der Waals surface area contributed by atoms with E-state index < -0.39 is 6.04 Å². The van der Waals surface area contributed by atoms with Crippen molar-refractivity contribution in [3.63, 3.8) is 0 Å². The van der Waals surface area contributed by atoms with E-state index in [9.17, 15) is 9.59 Å². The molecule has 2 aliphatic rings. The highest BCUT2D eigenvalue weighted by molar-refractivity contribution is 6.05. The highest BCUT2D eigenvalue weighted by Gasteiger charge is 2.39. The number of nitriles is 1. The molecule has 4 heterocycles. The quantitative estimate of drug-likeness (QED) is 0.557. The predicted octanol–water partition coefficient (Wildman–Crippen LogP) is 1.45. The van der Waals surface area contributed by atoms with Gasteiger partial charge in [-0.1, -0.05) is 19.3 Å². The molecule has 176 valence electrons. The molecule has 1 aliphatic carbocycles. The van der Waals surface area contributed by atoms with Crippen LogP contribution in [0.3, 0.4) is 0 Å². The first-order chi connectivity index (χ1) is 16.4. The van der Waals surface area contributed by atoms with Crippen molar-refractivity contribution in [2.45, 2.75) is 38.1 Å². The van der Waals surface area contributed by atoms with E-state index in [1.807, 2.05) is 31.1 Å². The van der Waals surface area contributed by atoms with Crippen LogP contribution in [-0.2, 0) is 18.9 Å². The lowest BCUT2D eigenvalue weighted by Gasteiger charge is -2.40. The van der Waals surface area contributed by atoms with Gasteiger partial charge in [-0.05, 0) is 18.8 Å². The maximum absolute atomic E-state index is 13.5. The Morgan fingerprint density at radius 1 is 1.29 bits per heavy atom. The number of aryl methyl sites for hydroxylation is 2. The number of hydrogen-bond acceptors (Lipinski definition) is 5. The van der Waals surface area contributed by atoms with E-state index in [0.717, 1.165) is 43.3 Å². The van der Waals surface area contributed by atoms with Crippen LogP contribution in [0.1, 0.15) is 42.5 Å². The predicted molar refractivity (Wildman–Crippen MR) is 123 cm³/mol. The lowest BCUT2D eigenvalue weighted by molar-refractivity contribution is -0.646. The van der Waals surface area contributed by atoms with E-state index in [2.05, 4.69) is 21.5 Å². The fraction of sp³-hybridized carbons (Fsp3) is 0.500. The molecule has 10 nitrogen and oxygen atoms in total. The van der Waals surface area contributed by atoms with Crippen LogP contribution in [0.15, 0.2) is 24.8 Å². The Bertz CT molecular complexity index is 1270. The van der Waals surface area contributed by atoms with E-state index in [-0.39, 0.29) is 23.7 Å². The molecule has 3 aromatic rings. The molecular weight excluding hydrogens is 432 g/mol. The van der Waals surface area contributed by atoms with Gasteiger partial charge in [-0.25, -0.2) is 14.5 Å². The minimum Gasteiger partial charge on any atom is -0.340 e. The van der Waals surface area contributed by atoms with Gasteiger partial charge < -0.3 is 10.2 Å². The van der Waals surface area contributed by atoms with Gasteiger partial charge in [0.1, 0.15) is 29.7 Å². The fourth-order valence-corrected chi connectivity index (χ4v) is 5.05. The van der Waals surface area contributed by atoms with Gasteiger partial charge in [0.2, 0.25) is 5.91 Å². The van der Waals surface area contributed by atoms with Crippen LogP contribution in [0, 0.1) is 23.2 Å². The highest BCUT2D eigenvalue weighted by atomic mass is 16.2. The first-order valence-corrected chi connectivity index (χ1v) is 11.8. The highest BCUT2D eigenvalue weighted by Crippen LogP contribution is 2.29. The van der Waals surface area contributed by atoms with E-state index in [4.69, 9.17) is 10.2 Å². The van der Waals surface area contributed by atoms with Gasteiger partial charge in [-0.3, -0.25) is 14.3 Å². The zero-order chi connectivity index (χ0) is 23.8. The summed E-state index contributed by atoms with van der Waals surface area (Å²) in [4.78, 5) is 36.4. The zero-order valence-corrected chi connectivity index (χ0v) is 19.5. The van der Waals surface area contributed by atoms with Crippen molar-refractivity contribution < 1.29 is 14.2 Å². The molecular formula is C24H29N8O2+. The summed E-state index contributed by atoms with van der Waals surface area (Å²) >= 11 is 0. The number of aromatic amines is 1. The maximum atomic E-state index is 13.5. The molecule has 0 aromatic carbocycles. The molecule has 1 unspecified atom stereocenters. The minimum absolute atomic E-state index is 0.0823. The maximum Gasteiger partial charge on any atom is 0.306 e. The molecule has 1 aliphatic heterocycles. The number of amides is 2. The summed E-state index contributed by atoms with van der Waals surface area (Å²) in [6, 6.07) is 1.62. The summed E-state index contributed by atoms with van der Waals surface area (Å²) in [6.07, 6.45) is 12.3. The van der Waals surface area contributed by atoms with Gasteiger partial charge in [0, 0.05) is 31.9 Å². The lowest BCUT2D eigenvalue weighted by atomic mass is 9.82. The molecule has 34 heavy (non-hydrogen) atoms. The van der Waals surface area contributed by atoms with Gasteiger partial charge in [0.25, 0.3) is 5.91 Å². The number of carbonyl (C=O) groups is 2. The van der Waals surface area contributed by atoms with Crippen LogP contribution in [0.25, 0.3) is 22.4 Å². The van der Waals surface area contributed by atoms with E-state index in [0.29, 0.717) is 29.9 Å². The summed E-state index contributed by atoms with van der Waals surface area (Å²) in [5, 5.41) is 16.4. The minimum atomic E-state index is -0.590. The molecule has 0 radical (unpaired) electrons. The summed E-state index contributed by atoms with van der Waals surface area (Å²) < 4.78 is 3.60. The van der Waals surface area contributed by atoms with Crippen LogP contribution in [0.5, 0.6) is 0 Å². The normalized spacial score (nSPS) is 17.9. The monoisotopic (exact) mass is 461 g/mol. The van der Waals surface area contributed by atoms with Crippen molar-refractivity contribution in [2.75, 3.05) is 13.1 Å². The van der Waals surface area contributed by atoms with E-state index in [1.54, 1.807) is 22.0 Å². The summed E-state index contributed by atoms with van der Waals surface area (Å²) in [5.74, 6) is -0.411. The first kappa shape index (κ1) is 22.1. The number of aromatic nitrogens is 5. The number of carbonyl (C=O) groups excluding carboxylic acids is 2. The molecule has 2 fully saturated rings. The van der Waals surface area contributed by atoms with E-state index in [1.165, 1.54) is 0 Å². The molecule has 0 spiro atoms. The van der Waals surface area contributed by atoms with Crippen molar-refractivity contribution in [3.8, 4) is 17.3 Å². The Balaban J connectivity index is 1.43. The number of fused-ring (bicyclic) bond motifs is 1. The third kappa shape index (κ3) is 4.02. The number of rotatable bonds is 5. The summed E-state index contributed by atoms with van der Waals surface area (Å²) in [6.45, 7) is 0.876. The largest absolute Gasteiger partial charge is 0.340 e. The smallest absolute Gasteiger partial charge is 0.306 e. The average Bonchev–Trinajstić information content (AvgIpc) is 3.44. The number of H-pyrrole nitrogens is 1. The van der Waals surface area contributed by atoms with Crippen molar-refractivity contribution >= 4 is 23.0 Å². The lowest BCUT2D eigenvalue weighted by Crippen LogP contribution is -2.58. The molecule has 10 heteroatoms. The first-order valence-electron chi connectivity index (χ1n) is 11.8. The topological polar surface area (TPSA) is 124 Å². The number of likely N-dealkylation sites (tertiary alicyclic amines) is 1. The Kier molecular flexibility index (Phi) is 5.77. The average molecular weight is 462 g/mol. The standard InChI is InChI=1S/C24H28N8O2/c1-30-14-19(17-9-27-31(2)13-17)28-21-18(10-26-22(21)30)23(33)29-20(16-6-4-3-5-7-16)24(34)32-11-15(8-25)12-32/h9-10,13-16,20H,3-7,11-12H2,1-2H3,(H,29,33)/p+1. The number of nitrogens with one attached hydrogen (secondary N) is 2. The second-order valence-electron chi connectivity index (χ2n) is 9.46. The fourth-order valence-electron chi connectivity index (χ4n) is 5.05. The van der Waals surface area contributed by atoms with Crippen LogP contribution < -0.4 is 9.88 Å². The van der Waals surface area contributed by atoms with Gasteiger partial charge >= 0.3 is 5.65 Å². The second-order valence-corrected chi connectivity index (χ2v) is 9.46. The molecule has 1 atom stereocenters. The van der Waals surface area contributed by atoms with Crippen molar-refractivity contribution in [1.82, 2.24) is 30.0 Å². The van der Waals surface area contributed by atoms with Gasteiger partial charge in [0.05, 0.1) is 25.2 Å².